The second kappa shape index (κ2) is 8.87. The molecule has 1 aromatic rings. The Morgan fingerprint density at radius 1 is 1.39 bits per heavy atom. The molecular weight excluding hydrogens is 295 g/mol. The summed E-state index contributed by atoms with van der Waals surface area (Å²) in [7, 11) is 2.14. The summed E-state index contributed by atoms with van der Waals surface area (Å²) >= 11 is 0. The molecule has 1 N–H and O–H groups in total. The van der Waals surface area contributed by atoms with E-state index in [0.29, 0.717) is 18.9 Å². The molecule has 1 saturated heterocycles. The van der Waals surface area contributed by atoms with Crippen LogP contribution in [0.1, 0.15) is 32.6 Å². The SMILES string of the molecule is CC[C@H](Oc1ccccc1F)C(=O)NCCC1CCN(C)CC1. The average molecular weight is 322 g/mol. The van der Waals surface area contributed by atoms with Crippen LogP contribution in [-0.2, 0) is 4.79 Å². The Hall–Kier alpha value is -1.62. The number of carbonyl (C=O) groups excluding carboxylic acids is 1. The highest BCUT2D eigenvalue weighted by Gasteiger charge is 2.21. The number of rotatable bonds is 7. The number of nitrogens with one attached hydrogen (secondary N) is 1. The van der Waals surface area contributed by atoms with Gasteiger partial charge in [-0.25, -0.2) is 4.39 Å². The van der Waals surface area contributed by atoms with Crippen molar-refractivity contribution in [3.05, 3.63) is 30.1 Å². The summed E-state index contributed by atoms with van der Waals surface area (Å²) in [6, 6.07) is 6.18. The van der Waals surface area contributed by atoms with Gasteiger partial charge in [0, 0.05) is 6.54 Å². The van der Waals surface area contributed by atoms with E-state index < -0.39 is 11.9 Å². The highest BCUT2D eigenvalue weighted by atomic mass is 19.1. The van der Waals surface area contributed by atoms with Crippen LogP contribution in [-0.4, -0.2) is 43.6 Å². The van der Waals surface area contributed by atoms with E-state index in [1.807, 2.05) is 6.92 Å². The van der Waals surface area contributed by atoms with Gasteiger partial charge in [0.1, 0.15) is 0 Å². The standard InChI is InChI=1S/C18H27FN2O2/c1-3-16(23-17-7-5-4-6-15(17)19)18(22)20-11-8-14-9-12-21(2)13-10-14/h4-7,14,16H,3,8-13H2,1-2H3,(H,20,22)/t16-/m0/s1. The van der Waals surface area contributed by atoms with Gasteiger partial charge in [-0.2, -0.15) is 0 Å². The number of para-hydroxylation sites is 1. The zero-order valence-corrected chi connectivity index (χ0v) is 14.1. The van der Waals surface area contributed by atoms with Crippen LogP contribution < -0.4 is 10.1 Å². The first-order chi connectivity index (χ1) is 11.1. The zero-order valence-electron chi connectivity index (χ0n) is 14.1. The van der Waals surface area contributed by atoms with Crippen LogP contribution in [0.2, 0.25) is 0 Å². The van der Waals surface area contributed by atoms with Crippen molar-refractivity contribution in [2.45, 2.75) is 38.7 Å². The van der Waals surface area contributed by atoms with Gasteiger partial charge < -0.3 is 15.0 Å². The molecule has 0 aromatic heterocycles. The Balaban J connectivity index is 1.75. The van der Waals surface area contributed by atoms with Crippen molar-refractivity contribution in [1.29, 1.82) is 0 Å². The van der Waals surface area contributed by atoms with Gasteiger partial charge in [0.15, 0.2) is 17.7 Å². The number of piperidine rings is 1. The highest BCUT2D eigenvalue weighted by Crippen LogP contribution is 2.20. The molecule has 5 heteroatoms. The summed E-state index contributed by atoms with van der Waals surface area (Å²) in [5, 5.41) is 2.93. The van der Waals surface area contributed by atoms with Crippen LogP contribution >= 0.6 is 0 Å². The molecule has 1 aliphatic rings. The summed E-state index contributed by atoms with van der Waals surface area (Å²) in [6.07, 6.45) is 3.23. The minimum Gasteiger partial charge on any atom is -0.478 e. The van der Waals surface area contributed by atoms with E-state index in [9.17, 15) is 9.18 Å². The number of halogens is 1. The molecule has 1 aliphatic heterocycles. The lowest BCUT2D eigenvalue weighted by atomic mass is 9.94. The molecule has 0 saturated carbocycles. The topological polar surface area (TPSA) is 41.6 Å². The molecule has 23 heavy (non-hydrogen) atoms. The molecule has 1 amide bonds. The van der Waals surface area contributed by atoms with Crippen molar-refractivity contribution < 1.29 is 13.9 Å². The van der Waals surface area contributed by atoms with Gasteiger partial charge >= 0.3 is 0 Å². The lowest BCUT2D eigenvalue weighted by Crippen LogP contribution is -2.39. The third-order valence-electron chi connectivity index (χ3n) is 4.46. The van der Waals surface area contributed by atoms with Gasteiger partial charge in [-0.1, -0.05) is 19.1 Å². The van der Waals surface area contributed by atoms with Crippen LogP contribution in [0.15, 0.2) is 24.3 Å². The largest absolute Gasteiger partial charge is 0.478 e. The maximum Gasteiger partial charge on any atom is 0.261 e. The van der Waals surface area contributed by atoms with Gasteiger partial charge in [-0.05, 0) is 63.9 Å². The lowest BCUT2D eigenvalue weighted by molar-refractivity contribution is -0.128. The molecule has 1 fully saturated rings. The average Bonchev–Trinajstić information content (AvgIpc) is 2.56. The Morgan fingerprint density at radius 2 is 2.09 bits per heavy atom. The first-order valence-corrected chi connectivity index (χ1v) is 8.47. The quantitative estimate of drug-likeness (QED) is 0.839. The number of carbonyl (C=O) groups is 1. The minimum atomic E-state index is -0.649. The van der Waals surface area contributed by atoms with Crippen molar-refractivity contribution in [2.24, 2.45) is 5.92 Å². The summed E-state index contributed by atoms with van der Waals surface area (Å²) in [5.74, 6) is 0.206. The van der Waals surface area contributed by atoms with Crippen molar-refractivity contribution in [3.63, 3.8) is 0 Å². The summed E-state index contributed by atoms with van der Waals surface area (Å²) < 4.78 is 19.1. The molecule has 0 radical (unpaired) electrons. The Labute approximate surface area is 138 Å². The fraction of sp³-hybridized carbons (Fsp3) is 0.611. The van der Waals surface area contributed by atoms with Crippen molar-refractivity contribution >= 4 is 5.91 Å². The molecule has 4 nitrogen and oxygen atoms in total. The lowest BCUT2D eigenvalue weighted by Gasteiger charge is -2.29. The molecule has 0 bridgehead atoms. The summed E-state index contributed by atoms with van der Waals surface area (Å²) in [6.45, 7) is 4.78. The van der Waals surface area contributed by atoms with E-state index in [2.05, 4.69) is 17.3 Å². The van der Waals surface area contributed by atoms with Crippen molar-refractivity contribution in [1.82, 2.24) is 10.2 Å². The number of hydrogen-bond acceptors (Lipinski definition) is 3. The van der Waals surface area contributed by atoms with Gasteiger partial charge in [-0.3, -0.25) is 4.79 Å². The van der Waals surface area contributed by atoms with E-state index >= 15 is 0 Å². The third-order valence-corrected chi connectivity index (χ3v) is 4.46. The molecule has 0 unspecified atom stereocenters. The summed E-state index contributed by atoms with van der Waals surface area (Å²) in [4.78, 5) is 14.6. The van der Waals surface area contributed by atoms with E-state index in [0.717, 1.165) is 19.5 Å². The Morgan fingerprint density at radius 3 is 2.74 bits per heavy atom. The van der Waals surface area contributed by atoms with E-state index in [-0.39, 0.29) is 11.7 Å². The molecule has 0 spiro atoms. The van der Waals surface area contributed by atoms with Crippen LogP contribution in [0.4, 0.5) is 4.39 Å². The van der Waals surface area contributed by atoms with E-state index in [1.165, 1.54) is 18.9 Å². The second-order valence-corrected chi connectivity index (χ2v) is 6.27. The van der Waals surface area contributed by atoms with Crippen LogP contribution in [0.5, 0.6) is 5.75 Å². The zero-order chi connectivity index (χ0) is 16.7. The summed E-state index contributed by atoms with van der Waals surface area (Å²) in [5.41, 5.74) is 0. The van der Waals surface area contributed by atoms with Gasteiger partial charge in [-0.15, -0.1) is 0 Å². The van der Waals surface area contributed by atoms with Gasteiger partial charge in [0.25, 0.3) is 5.91 Å². The fourth-order valence-electron chi connectivity index (χ4n) is 2.88. The predicted octanol–water partition coefficient (Wildman–Crippen LogP) is 2.83. The Bertz CT molecular complexity index is 502. The highest BCUT2D eigenvalue weighted by molar-refractivity contribution is 5.81. The molecule has 1 atom stereocenters. The smallest absolute Gasteiger partial charge is 0.261 e. The molecule has 0 aliphatic carbocycles. The monoisotopic (exact) mass is 322 g/mol. The predicted molar refractivity (Wildman–Crippen MR) is 89.0 cm³/mol. The van der Waals surface area contributed by atoms with E-state index in [1.54, 1.807) is 18.2 Å². The number of likely N-dealkylation sites (tertiary alicyclic amines) is 1. The maximum absolute atomic E-state index is 13.6. The number of amides is 1. The first-order valence-electron chi connectivity index (χ1n) is 8.47. The van der Waals surface area contributed by atoms with Crippen LogP contribution in [0, 0.1) is 11.7 Å². The third kappa shape index (κ3) is 5.50. The maximum atomic E-state index is 13.6. The normalized spacial score (nSPS) is 17.7. The fourth-order valence-corrected chi connectivity index (χ4v) is 2.88. The van der Waals surface area contributed by atoms with Crippen LogP contribution in [0.25, 0.3) is 0 Å². The molecule has 1 heterocycles. The van der Waals surface area contributed by atoms with Crippen molar-refractivity contribution in [2.75, 3.05) is 26.7 Å². The van der Waals surface area contributed by atoms with Gasteiger partial charge in [0.05, 0.1) is 0 Å². The molecule has 1 aromatic carbocycles. The Kier molecular flexibility index (Phi) is 6.84. The van der Waals surface area contributed by atoms with Crippen LogP contribution in [0.3, 0.4) is 0 Å². The molecule has 2 rings (SSSR count). The van der Waals surface area contributed by atoms with Gasteiger partial charge in [0.2, 0.25) is 0 Å². The molecule has 128 valence electrons. The van der Waals surface area contributed by atoms with E-state index in [4.69, 9.17) is 4.74 Å². The second-order valence-electron chi connectivity index (χ2n) is 6.27. The molecular formula is C18H27FN2O2. The first kappa shape index (κ1) is 17.7. The number of hydrogen-bond donors (Lipinski definition) is 1. The van der Waals surface area contributed by atoms with Crippen molar-refractivity contribution in [3.8, 4) is 5.75 Å². The number of ether oxygens (including phenoxy) is 1. The minimum absolute atomic E-state index is 0.129. The number of benzene rings is 1. The number of nitrogens with zero attached hydrogens (tertiary/aromatic N) is 1.